The van der Waals surface area contributed by atoms with Gasteiger partial charge in [0.15, 0.2) is 0 Å². The van der Waals surface area contributed by atoms with Gasteiger partial charge in [0.05, 0.1) is 24.0 Å². The first kappa shape index (κ1) is 17.7. The number of nitrogens with one attached hydrogen (secondary N) is 1. The first-order chi connectivity index (χ1) is 11.5. The molecule has 2 aromatic carbocycles. The quantitative estimate of drug-likeness (QED) is 0.635. The number of carbonyl (C=O) groups is 1. The van der Waals surface area contributed by atoms with E-state index in [4.69, 9.17) is 21.2 Å². The second-order valence-electron chi connectivity index (χ2n) is 4.84. The van der Waals surface area contributed by atoms with Crippen LogP contribution in [0.4, 0.5) is 10.1 Å². The molecule has 7 heteroatoms. The highest BCUT2D eigenvalue weighted by molar-refractivity contribution is 6.33. The molecule has 0 spiro atoms. The molecule has 2 aromatic rings. The van der Waals surface area contributed by atoms with Gasteiger partial charge in [0.25, 0.3) is 5.91 Å². The summed E-state index contributed by atoms with van der Waals surface area (Å²) in [6.07, 6.45) is 0.588. The van der Waals surface area contributed by atoms with Gasteiger partial charge in [-0.25, -0.2) is 4.39 Å². The zero-order valence-corrected chi connectivity index (χ0v) is 13.9. The Morgan fingerprint density at radius 2 is 2.08 bits per heavy atom. The van der Waals surface area contributed by atoms with Crippen LogP contribution in [0, 0.1) is 5.82 Å². The van der Waals surface area contributed by atoms with Crippen LogP contribution in [-0.4, -0.2) is 25.3 Å². The second-order valence-corrected chi connectivity index (χ2v) is 5.24. The number of nitrogens with zero attached hydrogens (tertiary/aromatic N) is 1. The molecule has 0 heterocycles. The molecule has 0 aliphatic rings. The van der Waals surface area contributed by atoms with Crippen molar-refractivity contribution in [1.82, 2.24) is 0 Å². The fourth-order valence-corrected chi connectivity index (χ4v) is 2.04. The third kappa shape index (κ3) is 4.70. The lowest BCUT2D eigenvalue weighted by molar-refractivity contribution is -0.126. The molecular formula is C17H16ClFN2O3. The molecule has 0 fully saturated rings. The summed E-state index contributed by atoms with van der Waals surface area (Å²) >= 11 is 5.86. The molecule has 0 aromatic heterocycles. The molecule has 1 N–H and O–H groups in total. The highest BCUT2D eigenvalue weighted by Crippen LogP contribution is 2.22. The molecule has 0 saturated heterocycles. The summed E-state index contributed by atoms with van der Waals surface area (Å²) in [5.41, 5.74) is 1.02. The molecule has 0 aliphatic heterocycles. The average molecular weight is 351 g/mol. The number of para-hydroxylation sites is 1. The van der Waals surface area contributed by atoms with Crippen LogP contribution in [0.5, 0.6) is 5.75 Å². The molecule has 126 valence electrons. The summed E-state index contributed by atoms with van der Waals surface area (Å²) < 4.78 is 18.2. The first-order valence-corrected chi connectivity index (χ1v) is 7.47. The van der Waals surface area contributed by atoms with Gasteiger partial charge >= 0.3 is 0 Å². The van der Waals surface area contributed by atoms with Crippen molar-refractivity contribution in [3.05, 3.63) is 58.9 Å². The van der Waals surface area contributed by atoms with Crippen LogP contribution < -0.4 is 10.1 Å². The number of oxime groups is 1. The number of halogens is 2. The largest absolute Gasteiger partial charge is 0.496 e. The fourth-order valence-electron chi connectivity index (χ4n) is 1.82. The number of ether oxygens (including phenoxy) is 1. The average Bonchev–Trinajstić information content (AvgIpc) is 2.57. The number of hydrogen-bond donors (Lipinski definition) is 1. The van der Waals surface area contributed by atoms with Crippen molar-refractivity contribution in [1.29, 1.82) is 0 Å². The van der Waals surface area contributed by atoms with E-state index >= 15 is 0 Å². The van der Waals surface area contributed by atoms with Gasteiger partial charge in [0.2, 0.25) is 6.10 Å². The van der Waals surface area contributed by atoms with Crippen LogP contribution >= 0.6 is 11.6 Å². The lowest BCUT2D eigenvalue weighted by atomic mass is 10.2. The molecule has 5 nitrogen and oxygen atoms in total. The Morgan fingerprint density at radius 1 is 1.33 bits per heavy atom. The van der Waals surface area contributed by atoms with Crippen LogP contribution in [0.15, 0.2) is 47.6 Å². The lowest BCUT2D eigenvalue weighted by Crippen LogP contribution is -2.26. The summed E-state index contributed by atoms with van der Waals surface area (Å²) in [6, 6.07) is 10.9. The number of hydrogen-bond acceptors (Lipinski definition) is 4. The third-order valence-corrected chi connectivity index (χ3v) is 3.42. The summed E-state index contributed by atoms with van der Waals surface area (Å²) in [5, 5.41) is 6.44. The molecule has 0 unspecified atom stereocenters. The summed E-state index contributed by atoms with van der Waals surface area (Å²) in [7, 11) is 1.55. The molecule has 0 aliphatic carbocycles. The van der Waals surface area contributed by atoms with Crippen molar-refractivity contribution >= 4 is 29.4 Å². The molecular weight excluding hydrogens is 335 g/mol. The Kier molecular flexibility index (Phi) is 6.14. The first-order valence-electron chi connectivity index (χ1n) is 7.09. The van der Waals surface area contributed by atoms with E-state index in [9.17, 15) is 9.18 Å². The van der Waals surface area contributed by atoms with Gasteiger partial charge in [-0.2, -0.15) is 0 Å². The van der Waals surface area contributed by atoms with Gasteiger partial charge in [-0.3, -0.25) is 4.79 Å². The molecule has 0 radical (unpaired) electrons. The van der Waals surface area contributed by atoms with Crippen LogP contribution in [0.2, 0.25) is 5.02 Å². The molecule has 0 bridgehead atoms. The maximum atomic E-state index is 13.0. The van der Waals surface area contributed by atoms with E-state index in [2.05, 4.69) is 10.5 Å². The zero-order valence-electron chi connectivity index (χ0n) is 13.1. The Bertz CT molecular complexity index is 752. The minimum atomic E-state index is -0.864. The zero-order chi connectivity index (χ0) is 17.5. The number of amides is 1. The van der Waals surface area contributed by atoms with E-state index in [1.165, 1.54) is 25.3 Å². The van der Waals surface area contributed by atoms with Crippen LogP contribution in [0.1, 0.15) is 12.5 Å². The van der Waals surface area contributed by atoms with E-state index in [0.717, 1.165) is 6.07 Å². The number of anilines is 1. The Hall–Kier alpha value is -2.60. The molecule has 0 saturated carbocycles. The van der Waals surface area contributed by atoms with Crippen molar-refractivity contribution in [3.63, 3.8) is 0 Å². The van der Waals surface area contributed by atoms with Crippen LogP contribution in [-0.2, 0) is 9.63 Å². The Morgan fingerprint density at radius 3 is 2.79 bits per heavy atom. The maximum absolute atomic E-state index is 13.0. The van der Waals surface area contributed by atoms with Gasteiger partial charge < -0.3 is 14.9 Å². The monoisotopic (exact) mass is 350 g/mol. The van der Waals surface area contributed by atoms with Crippen molar-refractivity contribution in [2.24, 2.45) is 5.16 Å². The van der Waals surface area contributed by atoms with E-state index in [1.54, 1.807) is 19.2 Å². The summed E-state index contributed by atoms with van der Waals surface area (Å²) in [6.45, 7) is 1.53. The molecule has 2 rings (SSSR count). The third-order valence-electron chi connectivity index (χ3n) is 3.11. The van der Waals surface area contributed by atoms with Gasteiger partial charge in [0.1, 0.15) is 11.6 Å². The molecule has 24 heavy (non-hydrogen) atoms. The van der Waals surface area contributed by atoms with Gasteiger partial charge in [0, 0.05) is 5.56 Å². The van der Waals surface area contributed by atoms with Gasteiger partial charge in [-0.05, 0) is 37.3 Å². The standard InChI is InChI=1S/C17H16ClFN2O3/c1-11(17(22)21-15-8-7-13(19)9-14(15)18)24-20-10-12-5-3-4-6-16(12)23-2/h3-11H,1-2H3,(H,21,22)/b20-10-/t11-/m1/s1. The van der Waals surface area contributed by atoms with Gasteiger partial charge in [-0.1, -0.05) is 28.9 Å². The number of rotatable bonds is 6. The van der Waals surface area contributed by atoms with Crippen LogP contribution in [0.3, 0.4) is 0 Å². The smallest absolute Gasteiger partial charge is 0.268 e. The highest BCUT2D eigenvalue weighted by Gasteiger charge is 2.15. The Labute approximate surface area is 144 Å². The van der Waals surface area contributed by atoms with E-state index < -0.39 is 17.8 Å². The molecule has 1 amide bonds. The SMILES string of the molecule is COc1ccccc1/C=N\O[C@H](C)C(=O)Nc1ccc(F)cc1Cl. The normalized spacial score (nSPS) is 12.0. The van der Waals surface area contributed by atoms with Crippen molar-refractivity contribution < 1.29 is 18.8 Å². The fraction of sp³-hybridized carbons (Fsp3) is 0.176. The van der Waals surface area contributed by atoms with E-state index in [1.807, 2.05) is 12.1 Å². The Balaban J connectivity index is 1.95. The van der Waals surface area contributed by atoms with Gasteiger partial charge in [-0.15, -0.1) is 0 Å². The van der Waals surface area contributed by atoms with Crippen molar-refractivity contribution in [2.75, 3.05) is 12.4 Å². The number of benzene rings is 2. The maximum Gasteiger partial charge on any atom is 0.268 e. The molecule has 1 atom stereocenters. The summed E-state index contributed by atoms with van der Waals surface area (Å²) in [5.74, 6) is -0.301. The van der Waals surface area contributed by atoms with Crippen molar-refractivity contribution in [2.45, 2.75) is 13.0 Å². The minimum absolute atomic E-state index is 0.105. The predicted molar refractivity (Wildman–Crippen MR) is 91.2 cm³/mol. The predicted octanol–water partition coefficient (Wildman–Crippen LogP) is 3.87. The minimum Gasteiger partial charge on any atom is -0.496 e. The number of methoxy groups -OCH3 is 1. The second kappa shape index (κ2) is 8.31. The van der Waals surface area contributed by atoms with E-state index in [-0.39, 0.29) is 5.02 Å². The highest BCUT2D eigenvalue weighted by atomic mass is 35.5. The number of carbonyl (C=O) groups excluding carboxylic acids is 1. The lowest BCUT2D eigenvalue weighted by Gasteiger charge is -2.11. The summed E-state index contributed by atoms with van der Waals surface area (Å²) in [4.78, 5) is 17.2. The van der Waals surface area contributed by atoms with E-state index in [0.29, 0.717) is 17.0 Å². The van der Waals surface area contributed by atoms with Crippen LogP contribution in [0.25, 0.3) is 0 Å². The topological polar surface area (TPSA) is 59.9 Å². The van der Waals surface area contributed by atoms with Crippen molar-refractivity contribution in [3.8, 4) is 5.75 Å².